The smallest absolute Gasteiger partial charge is 0.328 e. The second kappa shape index (κ2) is 2.85. The first-order valence-corrected chi connectivity index (χ1v) is 3.74. The molecular weight excluding hydrogens is 172 g/mol. The predicted octanol–water partition coefficient (Wildman–Crippen LogP) is 0.410. The zero-order valence-electron chi connectivity index (χ0n) is 6.69. The largest absolute Gasteiger partial charge is 0.433 e. The fourth-order valence-corrected chi connectivity index (χ4v) is 1.07. The molecule has 1 heterocycles. The highest BCUT2D eigenvalue weighted by Gasteiger charge is 2.23. The van der Waals surface area contributed by atoms with E-state index in [-0.39, 0.29) is 0 Å². The summed E-state index contributed by atoms with van der Waals surface area (Å²) in [6, 6.07) is 6.44. The number of benzene rings is 1. The molecule has 5 nitrogen and oxygen atoms in total. The molecule has 68 valence electrons. The van der Waals surface area contributed by atoms with Crippen LogP contribution in [0.4, 0.5) is 4.79 Å². The van der Waals surface area contributed by atoms with Crippen LogP contribution in [0.1, 0.15) is 0 Å². The third-order valence-electron chi connectivity index (χ3n) is 1.58. The molecule has 2 amide bonds. The lowest BCUT2D eigenvalue weighted by molar-refractivity contribution is 0.0297. The molecule has 0 saturated carbocycles. The number of primary amides is 1. The van der Waals surface area contributed by atoms with Crippen molar-refractivity contribution in [1.29, 1.82) is 0 Å². The zero-order chi connectivity index (χ0) is 9.26. The van der Waals surface area contributed by atoms with Gasteiger partial charge in [-0.1, -0.05) is 12.1 Å². The molecule has 13 heavy (non-hydrogen) atoms. The molecule has 1 aromatic carbocycles. The van der Waals surface area contributed by atoms with Crippen molar-refractivity contribution in [3.8, 4) is 11.5 Å². The molecule has 1 aliphatic rings. The Morgan fingerprint density at radius 1 is 1.31 bits per heavy atom. The zero-order valence-corrected chi connectivity index (χ0v) is 6.69. The second-order valence-corrected chi connectivity index (χ2v) is 2.52. The summed E-state index contributed by atoms with van der Waals surface area (Å²) in [5.74, 6) is 1.20. The number of carbonyl (C=O) groups excluding carboxylic acids is 1. The molecule has 0 bridgehead atoms. The van der Waals surface area contributed by atoms with Crippen LogP contribution in [0.25, 0.3) is 0 Å². The van der Waals surface area contributed by atoms with Gasteiger partial charge in [-0.15, -0.1) is 0 Å². The highest BCUT2D eigenvalue weighted by Crippen LogP contribution is 2.32. The van der Waals surface area contributed by atoms with Gasteiger partial charge in [-0.05, 0) is 12.1 Å². The summed E-state index contributed by atoms with van der Waals surface area (Å²) in [6.07, 6.45) is -0.810. The minimum Gasteiger partial charge on any atom is -0.433 e. The number of fused-ring (bicyclic) bond motifs is 1. The quantitative estimate of drug-likeness (QED) is 0.657. The van der Waals surface area contributed by atoms with Crippen LogP contribution in [-0.2, 0) is 0 Å². The van der Waals surface area contributed by atoms with Gasteiger partial charge in [0.05, 0.1) is 0 Å². The third kappa shape index (κ3) is 1.48. The summed E-state index contributed by atoms with van der Waals surface area (Å²) >= 11 is 0. The molecule has 2 rings (SSSR count). The van der Waals surface area contributed by atoms with Crippen molar-refractivity contribution in [1.82, 2.24) is 5.32 Å². The monoisotopic (exact) mass is 180 g/mol. The number of hydrogen-bond donors (Lipinski definition) is 2. The van der Waals surface area contributed by atoms with Crippen LogP contribution < -0.4 is 20.5 Å². The summed E-state index contributed by atoms with van der Waals surface area (Å²) in [5, 5.41) is 2.28. The maximum atomic E-state index is 10.5. The van der Waals surface area contributed by atoms with Gasteiger partial charge in [-0.25, -0.2) is 4.79 Å². The Morgan fingerprint density at radius 3 is 2.31 bits per heavy atom. The van der Waals surface area contributed by atoms with Crippen molar-refractivity contribution in [2.75, 3.05) is 0 Å². The van der Waals surface area contributed by atoms with Crippen molar-refractivity contribution >= 4 is 6.03 Å². The number of para-hydroxylation sites is 2. The fourth-order valence-electron chi connectivity index (χ4n) is 1.07. The van der Waals surface area contributed by atoms with E-state index in [2.05, 4.69) is 5.32 Å². The summed E-state index contributed by atoms with van der Waals surface area (Å²) in [6.45, 7) is 0. The predicted molar refractivity (Wildman–Crippen MR) is 44.2 cm³/mol. The number of carbonyl (C=O) groups is 1. The normalized spacial score (nSPS) is 14.2. The SMILES string of the molecule is NC(=O)NC1Oc2ccccc2O1. The van der Waals surface area contributed by atoms with Gasteiger partial charge in [0.1, 0.15) is 0 Å². The lowest BCUT2D eigenvalue weighted by Gasteiger charge is -2.08. The Morgan fingerprint density at radius 2 is 1.85 bits per heavy atom. The van der Waals surface area contributed by atoms with Gasteiger partial charge < -0.3 is 15.2 Å². The number of hydrogen-bond acceptors (Lipinski definition) is 3. The van der Waals surface area contributed by atoms with E-state index < -0.39 is 12.4 Å². The molecule has 1 aliphatic heterocycles. The molecule has 3 N–H and O–H groups in total. The van der Waals surface area contributed by atoms with Crippen LogP contribution in [0, 0.1) is 0 Å². The maximum absolute atomic E-state index is 10.5. The van der Waals surface area contributed by atoms with Crippen LogP contribution in [0.5, 0.6) is 11.5 Å². The third-order valence-corrected chi connectivity index (χ3v) is 1.58. The highest BCUT2D eigenvalue weighted by atomic mass is 16.7. The number of urea groups is 1. The fraction of sp³-hybridized carbons (Fsp3) is 0.125. The minimum atomic E-state index is -0.810. The number of ether oxygens (including phenoxy) is 2. The van der Waals surface area contributed by atoms with Gasteiger partial charge in [0.25, 0.3) is 0 Å². The van der Waals surface area contributed by atoms with Crippen LogP contribution in [0.3, 0.4) is 0 Å². The molecule has 0 radical (unpaired) electrons. The molecule has 0 aromatic heterocycles. The average Bonchev–Trinajstić information content (AvgIpc) is 2.44. The van der Waals surface area contributed by atoms with E-state index in [9.17, 15) is 4.79 Å². The standard InChI is InChI=1S/C8H8N2O3/c9-7(11)10-8-12-5-3-1-2-4-6(5)13-8/h1-4,8H,(H3,9,10,11). The maximum Gasteiger partial charge on any atom is 0.328 e. The number of nitrogens with one attached hydrogen (secondary N) is 1. The topological polar surface area (TPSA) is 73.6 Å². The molecule has 0 spiro atoms. The van der Waals surface area contributed by atoms with E-state index in [1.165, 1.54) is 0 Å². The van der Waals surface area contributed by atoms with Gasteiger partial charge in [0.2, 0.25) is 0 Å². The first kappa shape index (κ1) is 7.72. The number of amides is 2. The first-order valence-electron chi connectivity index (χ1n) is 3.74. The molecule has 0 atom stereocenters. The number of nitrogens with two attached hydrogens (primary N) is 1. The van der Waals surface area contributed by atoms with Gasteiger partial charge in [0, 0.05) is 0 Å². The molecule has 0 fully saturated rings. The Kier molecular flexibility index (Phi) is 1.70. The Labute approximate surface area is 74.4 Å². The van der Waals surface area contributed by atoms with Gasteiger partial charge in [0.15, 0.2) is 11.5 Å². The summed E-state index contributed by atoms with van der Waals surface area (Å²) in [5.41, 5.74) is 4.90. The van der Waals surface area contributed by atoms with E-state index in [4.69, 9.17) is 15.2 Å². The molecule has 1 aromatic rings. The molecular formula is C8H8N2O3. The van der Waals surface area contributed by atoms with Gasteiger partial charge >= 0.3 is 12.4 Å². The molecule has 0 aliphatic carbocycles. The van der Waals surface area contributed by atoms with E-state index >= 15 is 0 Å². The van der Waals surface area contributed by atoms with E-state index in [0.29, 0.717) is 11.5 Å². The minimum absolute atomic E-state index is 0.598. The van der Waals surface area contributed by atoms with Crippen molar-refractivity contribution in [3.05, 3.63) is 24.3 Å². The number of rotatable bonds is 1. The molecule has 5 heteroatoms. The van der Waals surface area contributed by atoms with Crippen molar-refractivity contribution < 1.29 is 14.3 Å². The second-order valence-electron chi connectivity index (χ2n) is 2.52. The lowest BCUT2D eigenvalue weighted by atomic mass is 10.3. The molecule has 0 unspecified atom stereocenters. The van der Waals surface area contributed by atoms with Gasteiger partial charge in [-0.3, -0.25) is 5.32 Å². The summed E-state index contributed by atoms with van der Waals surface area (Å²) in [4.78, 5) is 10.5. The highest BCUT2D eigenvalue weighted by molar-refractivity contribution is 5.71. The average molecular weight is 180 g/mol. The van der Waals surface area contributed by atoms with Crippen LogP contribution >= 0.6 is 0 Å². The van der Waals surface area contributed by atoms with Crippen LogP contribution in [0.15, 0.2) is 24.3 Å². The van der Waals surface area contributed by atoms with E-state index in [1.54, 1.807) is 12.1 Å². The lowest BCUT2D eigenvalue weighted by Crippen LogP contribution is -2.43. The van der Waals surface area contributed by atoms with Crippen molar-refractivity contribution in [3.63, 3.8) is 0 Å². The summed E-state index contributed by atoms with van der Waals surface area (Å²) < 4.78 is 10.4. The van der Waals surface area contributed by atoms with E-state index in [1.807, 2.05) is 12.1 Å². The van der Waals surface area contributed by atoms with Crippen LogP contribution in [-0.4, -0.2) is 12.4 Å². The summed E-state index contributed by atoms with van der Waals surface area (Å²) in [7, 11) is 0. The molecule has 0 saturated heterocycles. The van der Waals surface area contributed by atoms with Crippen molar-refractivity contribution in [2.45, 2.75) is 6.41 Å². The Bertz CT molecular complexity index is 315. The Balaban J connectivity index is 2.09. The van der Waals surface area contributed by atoms with Crippen molar-refractivity contribution in [2.24, 2.45) is 5.73 Å². The van der Waals surface area contributed by atoms with E-state index in [0.717, 1.165) is 0 Å². The van der Waals surface area contributed by atoms with Gasteiger partial charge in [-0.2, -0.15) is 0 Å². The first-order chi connectivity index (χ1) is 6.25. The van der Waals surface area contributed by atoms with Crippen LogP contribution in [0.2, 0.25) is 0 Å². The Hall–Kier alpha value is -1.91.